The summed E-state index contributed by atoms with van der Waals surface area (Å²) in [6, 6.07) is 15.8. The highest BCUT2D eigenvalue weighted by Crippen LogP contribution is 2.31. The third kappa shape index (κ3) is 3.02. The summed E-state index contributed by atoms with van der Waals surface area (Å²) in [5.74, 6) is 0.840. The van der Waals surface area contributed by atoms with Gasteiger partial charge in [-0.2, -0.15) is 0 Å². The van der Waals surface area contributed by atoms with E-state index < -0.39 is 0 Å². The number of methoxy groups -OCH3 is 1. The number of benzene rings is 2. The Morgan fingerprint density at radius 1 is 1.06 bits per heavy atom. The van der Waals surface area contributed by atoms with Gasteiger partial charge in [0, 0.05) is 4.47 Å². The minimum absolute atomic E-state index is 0.140. The highest BCUT2D eigenvalue weighted by Gasteiger charge is 2.10. The summed E-state index contributed by atoms with van der Waals surface area (Å²) < 4.78 is 6.16. The molecule has 2 rings (SSSR count). The Bertz CT molecular complexity index is 496. The fraction of sp³-hybridized carbons (Fsp3) is 0.143. The smallest absolute Gasteiger partial charge is 0.118 e. The second-order valence-corrected chi connectivity index (χ2v) is 5.04. The van der Waals surface area contributed by atoms with E-state index in [9.17, 15) is 0 Å². The highest BCUT2D eigenvalue weighted by atomic mass is 79.9. The first-order chi connectivity index (χ1) is 8.20. The number of ether oxygens (including phenoxy) is 1. The molecule has 0 heterocycles. The minimum Gasteiger partial charge on any atom is -0.497 e. The SMILES string of the molecule is COc1ccc(C(Cl)c2cccc(Br)c2)cc1. The molecule has 17 heavy (non-hydrogen) atoms. The zero-order valence-electron chi connectivity index (χ0n) is 9.36. The lowest BCUT2D eigenvalue weighted by atomic mass is 10.0. The van der Waals surface area contributed by atoms with Crippen molar-refractivity contribution >= 4 is 27.5 Å². The van der Waals surface area contributed by atoms with E-state index in [-0.39, 0.29) is 5.38 Å². The van der Waals surface area contributed by atoms with E-state index in [4.69, 9.17) is 16.3 Å². The molecule has 0 aliphatic carbocycles. The number of halogens is 2. The summed E-state index contributed by atoms with van der Waals surface area (Å²) in [4.78, 5) is 0. The fourth-order valence-corrected chi connectivity index (χ4v) is 2.33. The number of hydrogen-bond acceptors (Lipinski definition) is 1. The molecule has 1 atom stereocenters. The van der Waals surface area contributed by atoms with Crippen LogP contribution in [0.1, 0.15) is 16.5 Å². The van der Waals surface area contributed by atoms with E-state index in [1.165, 1.54) is 0 Å². The molecule has 0 aliphatic heterocycles. The summed E-state index contributed by atoms with van der Waals surface area (Å²) in [6.45, 7) is 0. The van der Waals surface area contributed by atoms with Gasteiger partial charge in [0.1, 0.15) is 5.75 Å². The van der Waals surface area contributed by atoms with Crippen LogP contribution in [0.15, 0.2) is 53.0 Å². The number of rotatable bonds is 3. The Morgan fingerprint density at radius 2 is 1.76 bits per heavy atom. The van der Waals surface area contributed by atoms with Gasteiger partial charge in [0.05, 0.1) is 12.5 Å². The first-order valence-corrected chi connectivity index (χ1v) is 6.47. The second kappa shape index (κ2) is 5.56. The molecule has 0 spiro atoms. The molecule has 0 N–H and O–H groups in total. The van der Waals surface area contributed by atoms with Crippen molar-refractivity contribution in [1.82, 2.24) is 0 Å². The Hall–Kier alpha value is -0.990. The van der Waals surface area contributed by atoms with Crippen LogP contribution < -0.4 is 4.74 Å². The Labute approximate surface area is 115 Å². The molecule has 88 valence electrons. The van der Waals surface area contributed by atoms with Crippen molar-refractivity contribution in [3.63, 3.8) is 0 Å². The number of hydrogen-bond donors (Lipinski definition) is 0. The molecule has 2 aromatic carbocycles. The minimum atomic E-state index is -0.140. The van der Waals surface area contributed by atoms with Gasteiger partial charge >= 0.3 is 0 Å². The molecule has 0 fully saturated rings. The van der Waals surface area contributed by atoms with E-state index >= 15 is 0 Å². The normalized spacial score (nSPS) is 12.2. The van der Waals surface area contributed by atoms with Gasteiger partial charge in [-0.1, -0.05) is 40.2 Å². The van der Waals surface area contributed by atoms with Crippen molar-refractivity contribution in [2.24, 2.45) is 0 Å². The molecule has 0 saturated carbocycles. The molecule has 0 saturated heterocycles. The van der Waals surface area contributed by atoms with E-state index in [2.05, 4.69) is 15.9 Å². The lowest BCUT2D eigenvalue weighted by Gasteiger charge is -2.11. The Kier molecular flexibility index (Phi) is 4.08. The summed E-state index contributed by atoms with van der Waals surface area (Å²) in [5, 5.41) is -0.140. The van der Waals surface area contributed by atoms with Crippen LogP contribution in [0.5, 0.6) is 5.75 Å². The third-order valence-corrected chi connectivity index (χ3v) is 3.55. The van der Waals surface area contributed by atoms with Crippen LogP contribution in [-0.4, -0.2) is 7.11 Å². The molecule has 0 radical (unpaired) electrons. The second-order valence-electron chi connectivity index (χ2n) is 3.69. The van der Waals surface area contributed by atoms with Crippen LogP contribution in [0, 0.1) is 0 Å². The zero-order chi connectivity index (χ0) is 12.3. The maximum atomic E-state index is 6.44. The van der Waals surface area contributed by atoms with Crippen LogP contribution in [0.2, 0.25) is 0 Å². The molecule has 1 nitrogen and oxygen atoms in total. The zero-order valence-corrected chi connectivity index (χ0v) is 11.7. The van der Waals surface area contributed by atoms with Crippen LogP contribution in [-0.2, 0) is 0 Å². The molecular weight excluding hydrogens is 300 g/mol. The molecule has 3 heteroatoms. The van der Waals surface area contributed by atoms with E-state index in [0.717, 1.165) is 21.3 Å². The predicted octanol–water partition coefficient (Wildman–Crippen LogP) is 4.79. The molecule has 2 aromatic rings. The number of alkyl halides is 1. The summed E-state index contributed by atoms with van der Waals surface area (Å²) in [6.07, 6.45) is 0. The van der Waals surface area contributed by atoms with Gasteiger partial charge < -0.3 is 4.74 Å². The van der Waals surface area contributed by atoms with Crippen molar-refractivity contribution in [3.05, 3.63) is 64.1 Å². The standard InChI is InChI=1S/C14H12BrClO/c1-17-13-7-5-10(6-8-13)14(16)11-3-2-4-12(15)9-11/h2-9,14H,1H3. The van der Waals surface area contributed by atoms with Gasteiger partial charge in [-0.15, -0.1) is 11.6 Å². The largest absolute Gasteiger partial charge is 0.497 e. The quantitative estimate of drug-likeness (QED) is 0.741. The van der Waals surface area contributed by atoms with Crippen LogP contribution in [0.4, 0.5) is 0 Å². The van der Waals surface area contributed by atoms with E-state index in [1.807, 2.05) is 48.5 Å². The highest BCUT2D eigenvalue weighted by molar-refractivity contribution is 9.10. The van der Waals surface area contributed by atoms with Gasteiger partial charge in [0.25, 0.3) is 0 Å². The van der Waals surface area contributed by atoms with Crippen molar-refractivity contribution in [1.29, 1.82) is 0 Å². The van der Waals surface area contributed by atoms with Crippen molar-refractivity contribution in [2.45, 2.75) is 5.38 Å². The predicted molar refractivity (Wildman–Crippen MR) is 74.8 cm³/mol. The van der Waals surface area contributed by atoms with Crippen LogP contribution >= 0.6 is 27.5 Å². The molecule has 0 aromatic heterocycles. The first-order valence-electron chi connectivity index (χ1n) is 5.24. The lowest BCUT2D eigenvalue weighted by Crippen LogP contribution is -1.93. The Balaban J connectivity index is 2.27. The molecule has 0 bridgehead atoms. The molecule has 0 amide bonds. The van der Waals surface area contributed by atoms with E-state index in [0.29, 0.717) is 0 Å². The van der Waals surface area contributed by atoms with Crippen molar-refractivity contribution in [3.8, 4) is 5.75 Å². The van der Waals surface area contributed by atoms with Gasteiger partial charge in [0.2, 0.25) is 0 Å². The van der Waals surface area contributed by atoms with Crippen molar-refractivity contribution in [2.75, 3.05) is 7.11 Å². The summed E-state index contributed by atoms with van der Waals surface area (Å²) in [7, 11) is 1.65. The average Bonchev–Trinajstić information content (AvgIpc) is 2.38. The van der Waals surface area contributed by atoms with Gasteiger partial charge in [-0.3, -0.25) is 0 Å². The van der Waals surface area contributed by atoms with E-state index in [1.54, 1.807) is 7.11 Å². The summed E-state index contributed by atoms with van der Waals surface area (Å²) >= 11 is 9.88. The third-order valence-electron chi connectivity index (χ3n) is 2.55. The monoisotopic (exact) mass is 310 g/mol. The average molecular weight is 312 g/mol. The maximum Gasteiger partial charge on any atom is 0.118 e. The van der Waals surface area contributed by atoms with Crippen LogP contribution in [0.25, 0.3) is 0 Å². The molecular formula is C14H12BrClO. The first kappa shape index (κ1) is 12.5. The topological polar surface area (TPSA) is 9.23 Å². The molecule has 1 unspecified atom stereocenters. The fourth-order valence-electron chi connectivity index (χ4n) is 1.63. The maximum absolute atomic E-state index is 6.44. The lowest BCUT2D eigenvalue weighted by molar-refractivity contribution is 0.414. The summed E-state index contributed by atoms with van der Waals surface area (Å²) in [5.41, 5.74) is 2.14. The molecule has 0 aliphatic rings. The van der Waals surface area contributed by atoms with Gasteiger partial charge in [0.15, 0.2) is 0 Å². The van der Waals surface area contributed by atoms with Crippen LogP contribution in [0.3, 0.4) is 0 Å². The van der Waals surface area contributed by atoms with Gasteiger partial charge in [-0.25, -0.2) is 0 Å². The Morgan fingerprint density at radius 3 is 2.35 bits per heavy atom. The van der Waals surface area contributed by atoms with Crippen molar-refractivity contribution < 1.29 is 4.74 Å². The van der Waals surface area contributed by atoms with Gasteiger partial charge in [-0.05, 0) is 35.4 Å².